The maximum atomic E-state index is 12.3. The molecule has 1 heterocycles. The largest absolute Gasteiger partial charge is 0.490 e. The van der Waals surface area contributed by atoms with Crippen molar-refractivity contribution < 1.29 is 60.8 Å². The molecular formula is C15H24F6N8O8. The zero-order valence-electron chi connectivity index (χ0n) is 18.5. The Balaban J connectivity index is 0. The number of hydrazine groups is 1. The van der Waals surface area contributed by atoms with Crippen LogP contribution >= 0.6 is 0 Å². The van der Waals surface area contributed by atoms with Crippen LogP contribution in [0.1, 0.15) is 19.3 Å². The second kappa shape index (κ2) is 15.2. The highest BCUT2D eigenvalue weighted by atomic mass is 19.4. The summed E-state index contributed by atoms with van der Waals surface area (Å²) in [5, 5.41) is 23.5. The van der Waals surface area contributed by atoms with E-state index in [0.717, 1.165) is 0 Å². The normalized spacial score (nSPS) is 18.4. The molecule has 0 aliphatic carbocycles. The maximum absolute atomic E-state index is 12.3. The van der Waals surface area contributed by atoms with Crippen LogP contribution in [0.15, 0.2) is 4.99 Å². The first-order valence-electron chi connectivity index (χ1n) is 9.53. The molecule has 0 bridgehead atoms. The lowest BCUT2D eigenvalue weighted by Crippen LogP contribution is -2.50. The van der Waals surface area contributed by atoms with Gasteiger partial charge in [0, 0.05) is 19.1 Å². The minimum atomic E-state index is -5.08. The van der Waals surface area contributed by atoms with Gasteiger partial charge in [0.05, 0.1) is 6.04 Å². The van der Waals surface area contributed by atoms with Crippen molar-refractivity contribution in [1.29, 1.82) is 0 Å². The van der Waals surface area contributed by atoms with E-state index in [4.69, 9.17) is 42.7 Å². The van der Waals surface area contributed by atoms with E-state index in [2.05, 4.69) is 4.99 Å². The highest BCUT2D eigenvalue weighted by Crippen LogP contribution is 2.18. The van der Waals surface area contributed by atoms with Gasteiger partial charge in [-0.1, -0.05) is 5.43 Å². The Labute approximate surface area is 202 Å². The van der Waals surface area contributed by atoms with Crippen molar-refractivity contribution in [2.45, 2.75) is 49.7 Å². The summed E-state index contributed by atoms with van der Waals surface area (Å²) in [6.45, 7) is 0.407. The third-order valence-corrected chi connectivity index (χ3v) is 3.91. The van der Waals surface area contributed by atoms with E-state index >= 15 is 0 Å². The zero-order valence-corrected chi connectivity index (χ0v) is 18.5. The number of nitrogens with two attached hydrogens (primary N) is 4. The molecule has 22 heteroatoms. The van der Waals surface area contributed by atoms with Gasteiger partial charge in [0.15, 0.2) is 5.03 Å². The highest BCUT2D eigenvalue weighted by Gasteiger charge is 2.39. The number of aliphatic carboxylic acids is 2. The summed E-state index contributed by atoms with van der Waals surface area (Å²) in [6.07, 6.45) is -9.17. The molecule has 214 valence electrons. The summed E-state index contributed by atoms with van der Waals surface area (Å²) in [7, 11) is 0. The Morgan fingerprint density at radius 2 is 1.51 bits per heavy atom. The molecule has 0 radical (unpaired) electrons. The second-order valence-corrected chi connectivity index (χ2v) is 6.89. The highest BCUT2D eigenvalue weighted by molar-refractivity contribution is 5.89. The number of nitrogens with one attached hydrogen (secondary N) is 1. The molecule has 11 N–H and O–H groups in total. The van der Waals surface area contributed by atoms with Crippen LogP contribution in [0.2, 0.25) is 0 Å². The predicted molar refractivity (Wildman–Crippen MR) is 108 cm³/mol. The van der Waals surface area contributed by atoms with Gasteiger partial charge in [-0.3, -0.25) is 9.59 Å². The molecule has 16 nitrogen and oxygen atoms in total. The van der Waals surface area contributed by atoms with E-state index in [0.29, 0.717) is 12.8 Å². The predicted octanol–water partition coefficient (Wildman–Crippen LogP) is -2.13. The van der Waals surface area contributed by atoms with Crippen molar-refractivity contribution in [2.75, 3.05) is 13.1 Å². The molecular weight excluding hydrogens is 534 g/mol. The standard InChI is InChI=1S/C11H22N8O4.2C2HF3O2/c12-6-4-8(9(14)20)18(5-6)10(21)7(13)2-1-3-16-11(15)17-19(22)23;2*3-2(4,5)1(6)7/h6-8H,1-5,12-13H2,(H2,14,20)(H3,15,16,17);2*(H,6,7)/t6-,7+,8-;;/m1../s1. The van der Waals surface area contributed by atoms with Gasteiger partial charge in [-0.05, 0) is 19.3 Å². The summed E-state index contributed by atoms with van der Waals surface area (Å²) in [5.41, 5.74) is 23.8. The number of halogens is 6. The SMILES string of the molecule is NC(=O)[C@H]1C[C@@H](N)CN1C(=O)[C@@H](N)CCCN=C(N)N[N+](=O)[O-].O=C(O)C(F)(F)F.O=C(O)C(F)(F)F. The van der Waals surface area contributed by atoms with Crippen molar-refractivity contribution in [2.24, 2.45) is 27.9 Å². The molecule has 0 aromatic carbocycles. The van der Waals surface area contributed by atoms with Gasteiger partial charge >= 0.3 is 24.3 Å². The zero-order chi connectivity index (χ0) is 29.7. The molecule has 1 aliphatic rings. The van der Waals surface area contributed by atoms with Gasteiger partial charge < -0.3 is 38.0 Å². The number of carbonyl (C=O) groups is 4. The van der Waals surface area contributed by atoms with E-state index in [1.165, 1.54) is 4.90 Å². The van der Waals surface area contributed by atoms with Crippen LogP contribution in [0.4, 0.5) is 26.3 Å². The van der Waals surface area contributed by atoms with Crippen LogP contribution in [0.25, 0.3) is 0 Å². The number of likely N-dealkylation sites (tertiary alicyclic amines) is 1. The molecule has 0 spiro atoms. The van der Waals surface area contributed by atoms with Gasteiger partial charge in [-0.25, -0.2) is 24.7 Å². The van der Waals surface area contributed by atoms with Crippen molar-refractivity contribution >= 4 is 29.7 Å². The first-order valence-corrected chi connectivity index (χ1v) is 9.53. The number of alkyl halides is 6. The number of carboxylic acids is 2. The maximum Gasteiger partial charge on any atom is 0.490 e. The number of hydrogen-bond donors (Lipinski definition) is 7. The summed E-state index contributed by atoms with van der Waals surface area (Å²) in [6, 6.07) is -1.87. The minimum absolute atomic E-state index is 0.173. The van der Waals surface area contributed by atoms with Crippen LogP contribution in [-0.4, -0.2) is 93.4 Å². The monoisotopic (exact) mass is 558 g/mol. The van der Waals surface area contributed by atoms with E-state index in [-0.39, 0.29) is 31.5 Å². The van der Waals surface area contributed by atoms with Crippen LogP contribution in [0, 0.1) is 10.1 Å². The average Bonchev–Trinajstić information content (AvgIpc) is 3.11. The van der Waals surface area contributed by atoms with Crippen molar-refractivity contribution in [3.63, 3.8) is 0 Å². The molecule has 0 aromatic rings. The lowest BCUT2D eigenvalue weighted by Gasteiger charge is -2.25. The molecule has 1 aliphatic heterocycles. The van der Waals surface area contributed by atoms with Gasteiger partial charge in [0.25, 0.3) is 5.96 Å². The Hall–Kier alpha value is -3.95. The number of guanidine groups is 1. The quantitative estimate of drug-likeness (QED) is 0.0440. The Kier molecular flexibility index (Phi) is 14.5. The fourth-order valence-corrected chi connectivity index (χ4v) is 2.36. The molecule has 2 amide bonds. The third kappa shape index (κ3) is 15.6. The Morgan fingerprint density at radius 1 is 1.08 bits per heavy atom. The van der Waals surface area contributed by atoms with E-state index in [1.54, 1.807) is 5.43 Å². The molecule has 3 atom stereocenters. The number of carbonyl (C=O) groups excluding carboxylic acids is 2. The molecule has 0 saturated carbocycles. The van der Waals surface area contributed by atoms with Crippen molar-refractivity contribution in [3.8, 4) is 0 Å². The lowest BCUT2D eigenvalue weighted by atomic mass is 10.1. The molecule has 0 unspecified atom stereocenters. The van der Waals surface area contributed by atoms with Gasteiger partial charge in [-0.2, -0.15) is 26.3 Å². The van der Waals surface area contributed by atoms with Crippen LogP contribution in [0.3, 0.4) is 0 Å². The average molecular weight is 558 g/mol. The van der Waals surface area contributed by atoms with Gasteiger partial charge in [-0.15, -0.1) is 0 Å². The number of nitro groups is 1. The Bertz CT molecular complexity index is 830. The smallest absolute Gasteiger partial charge is 0.475 e. The summed E-state index contributed by atoms with van der Waals surface area (Å²) >= 11 is 0. The summed E-state index contributed by atoms with van der Waals surface area (Å²) in [5.74, 6) is -6.85. The first-order chi connectivity index (χ1) is 16.6. The lowest BCUT2D eigenvalue weighted by molar-refractivity contribution is -0.525. The number of primary amides is 1. The van der Waals surface area contributed by atoms with E-state index in [1.807, 2.05) is 0 Å². The molecule has 1 rings (SSSR count). The third-order valence-electron chi connectivity index (χ3n) is 3.91. The number of nitrogens with zero attached hydrogens (tertiary/aromatic N) is 3. The number of hydrogen-bond acceptors (Lipinski definition) is 9. The van der Waals surface area contributed by atoms with Gasteiger partial charge in [0.1, 0.15) is 6.04 Å². The fraction of sp³-hybridized carbons (Fsp3) is 0.667. The number of aliphatic imine (C=N–C) groups is 1. The van der Waals surface area contributed by atoms with Crippen LogP contribution in [0.5, 0.6) is 0 Å². The van der Waals surface area contributed by atoms with Crippen LogP contribution < -0.4 is 28.4 Å². The number of carboxylic acid groups (broad SMARTS) is 2. The van der Waals surface area contributed by atoms with E-state index in [9.17, 15) is 46.0 Å². The summed E-state index contributed by atoms with van der Waals surface area (Å²) in [4.78, 5) is 56.5. The molecule has 37 heavy (non-hydrogen) atoms. The van der Waals surface area contributed by atoms with Gasteiger partial charge in [0.2, 0.25) is 11.8 Å². The van der Waals surface area contributed by atoms with Crippen molar-refractivity contribution in [1.82, 2.24) is 10.3 Å². The molecule has 1 fully saturated rings. The number of amides is 2. The fourth-order valence-electron chi connectivity index (χ4n) is 2.36. The number of rotatable bonds is 7. The second-order valence-electron chi connectivity index (χ2n) is 6.89. The Morgan fingerprint density at radius 3 is 1.86 bits per heavy atom. The van der Waals surface area contributed by atoms with Crippen LogP contribution in [-0.2, 0) is 19.2 Å². The first kappa shape index (κ1) is 35.2. The molecule has 0 aromatic heterocycles. The summed E-state index contributed by atoms with van der Waals surface area (Å²) < 4.78 is 63.5. The van der Waals surface area contributed by atoms with Crippen molar-refractivity contribution in [3.05, 3.63) is 10.1 Å². The van der Waals surface area contributed by atoms with E-state index < -0.39 is 53.2 Å². The molecule has 1 saturated heterocycles. The topological polar surface area (TPSA) is 284 Å². The minimum Gasteiger partial charge on any atom is -0.475 e.